The normalized spacial score (nSPS) is 14.8. The lowest BCUT2D eigenvalue weighted by molar-refractivity contribution is -0.113. The lowest BCUT2D eigenvalue weighted by atomic mass is 10.1. The van der Waals surface area contributed by atoms with Crippen molar-refractivity contribution in [2.75, 3.05) is 12.4 Å². The molecule has 1 amide bonds. The Labute approximate surface area is 193 Å². The van der Waals surface area contributed by atoms with E-state index in [-0.39, 0.29) is 21.3 Å². The Bertz CT molecular complexity index is 1490. The van der Waals surface area contributed by atoms with E-state index < -0.39 is 21.7 Å². The van der Waals surface area contributed by atoms with Gasteiger partial charge in [-0.2, -0.15) is 0 Å². The summed E-state index contributed by atoms with van der Waals surface area (Å²) in [5, 5.41) is 13.5. The molecule has 4 heterocycles. The number of thiophene rings is 1. The van der Waals surface area contributed by atoms with Crippen LogP contribution in [0.15, 0.2) is 88.0 Å². The summed E-state index contributed by atoms with van der Waals surface area (Å²) in [6, 6.07) is 19.3. The first-order chi connectivity index (χ1) is 15.9. The number of sulfonamides is 1. The van der Waals surface area contributed by atoms with Crippen molar-refractivity contribution < 1.29 is 22.7 Å². The molecule has 0 atom stereocenters. The second kappa shape index (κ2) is 7.91. The number of hydrogen-bond donors (Lipinski definition) is 2. The minimum absolute atomic E-state index is 0.0793. The molecule has 0 bridgehead atoms. The van der Waals surface area contributed by atoms with Crippen LogP contribution in [0.3, 0.4) is 0 Å². The molecular formula is C23H17N3O5S2. The van der Waals surface area contributed by atoms with Crippen LogP contribution < -0.4 is 5.32 Å². The van der Waals surface area contributed by atoms with E-state index in [9.17, 15) is 18.3 Å². The smallest absolute Gasteiger partial charge is 0.278 e. The van der Waals surface area contributed by atoms with E-state index in [0.29, 0.717) is 16.3 Å². The first-order valence-electron chi connectivity index (χ1n) is 9.80. The van der Waals surface area contributed by atoms with Gasteiger partial charge >= 0.3 is 0 Å². The molecule has 0 saturated carbocycles. The maximum absolute atomic E-state index is 13.1. The van der Waals surface area contributed by atoms with E-state index in [0.717, 1.165) is 21.2 Å². The van der Waals surface area contributed by atoms with Crippen molar-refractivity contribution in [3.63, 3.8) is 0 Å². The van der Waals surface area contributed by atoms with Crippen molar-refractivity contribution in [1.82, 2.24) is 9.29 Å². The zero-order valence-electron chi connectivity index (χ0n) is 17.2. The van der Waals surface area contributed by atoms with E-state index in [1.807, 2.05) is 30.3 Å². The van der Waals surface area contributed by atoms with Crippen LogP contribution in [0.2, 0.25) is 0 Å². The van der Waals surface area contributed by atoms with Gasteiger partial charge in [-0.25, -0.2) is 13.4 Å². The van der Waals surface area contributed by atoms with E-state index >= 15 is 0 Å². The molecule has 0 spiro atoms. The number of carbonyl (C=O) groups is 1. The Morgan fingerprint density at radius 3 is 2.61 bits per heavy atom. The third kappa shape index (κ3) is 3.59. The van der Waals surface area contributed by atoms with Gasteiger partial charge in [0.05, 0.1) is 21.7 Å². The molecule has 1 aliphatic heterocycles. The van der Waals surface area contributed by atoms with Gasteiger partial charge in [0.1, 0.15) is 16.5 Å². The van der Waals surface area contributed by atoms with Crippen molar-refractivity contribution in [2.45, 2.75) is 4.90 Å². The summed E-state index contributed by atoms with van der Waals surface area (Å²) in [5.41, 5.74) is 1.11. The number of amides is 1. The molecule has 0 aliphatic carbocycles. The summed E-state index contributed by atoms with van der Waals surface area (Å²) in [5.74, 6) is -0.537. The zero-order chi connectivity index (χ0) is 23.2. The van der Waals surface area contributed by atoms with Gasteiger partial charge in [0.2, 0.25) is 0 Å². The number of nitrogens with zero attached hydrogens (tertiary/aromatic N) is 2. The lowest BCUT2D eigenvalue weighted by Gasteiger charge is -2.26. The molecule has 0 saturated heterocycles. The molecule has 1 aliphatic rings. The molecule has 2 N–H and O–H groups in total. The number of benzene rings is 1. The average Bonchev–Trinajstić information content (AvgIpc) is 3.50. The number of aliphatic hydroxyl groups excluding tert-OH is 1. The van der Waals surface area contributed by atoms with Gasteiger partial charge in [0.15, 0.2) is 11.5 Å². The van der Waals surface area contributed by atoms with Crippen molar-refractivity contribution in [3.05, 3.63) is 83.6 Å². The number of nitrogens with one attached hydrogen (secondary N) is 1. The Hall–Kier alpha value is -3.89. The van der Waals surface area contributed by atoms with Crippen LogP contribution in [-0.4, -0.2) is 35.8 Å². The minimum atomic E-state index is -4.06. The molecule has 0 unspecified atom stereocenters. The lowest BCUT2D eigenvalue weighted by Crippen LogP contribution is -2.36. The number of fused-ring (bicyclic) bond motifs is 1. The number of anilines is 1. The fourth-order valence-corrected chi connectivity index (χ4v) is 6.28. The number of furan rings is 1. The minimum Gasteiger partial charge on any atom is -0.504 e. The first-order valence-corrected chi connectivity index (χ1v) is 12.1. The Morgan fingerprint density at radius 2 is 1.88 bits per heavy atom. The van der Waals surface area contributed by atoms with E-state index in [1.54, 1.807) is 30.3 Å². The third-order valence-electron chi connectivity index (χ3n) is 5.13. The van der Waals surface area contributed by atoms with Crippen molar-refractivity contribution in [3.8, 4) is 21.9 Å². The molecule has 166 valence electrons. The highest BCUT2D eigenvalue weighted by atomic mass is 32.2. The monoisotopic (exact) mass is 479 g/mol. The maximum Gasteiger partial charge on any atom is 0.278 e. The van der Waals surface area contributed by atoms with Gasteiger partial charge in [-0.15, -0.1) is 11.3 Å². The standard InChI is InChI=1S/C23H17N3O5S2/c1-26-20(23(28)25-19-11-5-9-15(24-19)14-7-3-2-4-8-14)21(27)22-18(33(26,29)30)13-17(32-22)16-10-6-12-31-16/h2-13,27H,1H3,(H,24,25,28). The van der Waals surface area contributed by atoms with Gasteiger partial charge in [-0.1, -0.05) is 36.4 Å². The van der Waals surface area contributed by atoms with E-state index in [4.69, 9.17) is 4.42 Å². The maximum atomic E-state index is 13.1. The molecule has 1 aromatic carbocycles. The zero-order valence-corrected chi connectivity index (χ0v) is 18.9. The van der Waals surface area contributed by atoms with Gasteiger partial charge in [0, 0.05) is 12.6 Å². The number of carbonyl (C=O) groups excluding carboxylic acids is 1. The summed E-state index contributed by atoms with van der Waals surface area (Å²) in [6.07, 6.45) is 1.47. The number of aromatic nitrogens is 1. The Morgan fingerprint density at radius 1 is 1.09 bits per heavy atom. The third-order valence-corrected chi connectivity index (χ3v) is 8.20. The van der Waals surface area contributed by atoms with Crippen LogP contribution in [0, 0.1) is 0 Å². The SMILES string of the molecule is CN1C(C(=O)Nc2cccc(-c3ccccc3)n2)=C(O)c2sc(-c3ccco3)cc2S1(=O)=O. The van der Waals surface area contributed by atoms with Crippen LogP contribution in [0.25, 0.3) is 27.7 Å². The fourth-order valence-electron chi connectivity index (χ4n) is 3.50. The second-order valence-corrected chi connectivity index (χ2v) is 10.2. The van der Waals surface area contributed by atoms with Crippen LogP contribution in [-0.2, 0) is 14.8 Å². The summed E-state index contributed by atoms with van der Waals surface area (Å²) in [6.45, 7) is 0. The molecule has 0 fully saturated rings. The fraction of sp³-hybridized carbons (Fsp3) is 0.0435. The molecule has 33 heavy (non-hydrogen) atoms. The first kappa shape index (κ1) is 21.0. The predicted molar refractivity (Wildman–Crippen MR) is 125 cm³/mol. The summed E-state index contributed by atoms with van der Waals surface area (Å²) in [7, 11) is -2.83. The summed E-state index contributed by atoms with van der Waals surface area (Å²) < 4.78 is 32.3. The van der Waals surface area contributed by atoms with Gasteiger partial charge < -0.3 is 14.8 Å². The molecule has 4 aromatic rings. The van der Waals surface area contributed by atoms with Crippen molar-refractivity contribution in [2.24, 2.45) is 0 Å². The van der Waals surface area contributed by atoms with Crippen LogP contribution in [0.4, 0.5) is 5.82 Å². The van der Waals surface area contributed by atoms with Crippen LogP contribution in [0.5, 0.6) is 0 Å². The average molecular weight is 480 g/mol. The molecule has 0 radical (unpaired) electrons. The topological polar surface area (TPSA) is 113 Å². The molecular weight excluding hydrogens is 462 g/mol. The molecule has 5 rings (SSSR count). The number of pyridine rings is 1. The summed E-state index contributed by atoms with van der Waals surface area (Å²) >= 11 is 1.03. The Kier molecular flexibility index (Phi) is 5.03. The van der Waals surface area contributed by atoms with Crippen molar-refractivity contribution >= 4 is 38.8 Å². The number of rotatable bonds is 4. The van der Waals surface area contributed by atoms with E-state index in [2.05, 4.69) is 10.3 Å². The highest BCUT2D eigenvalue weighted by Gasteiger charge is 2.40. The molecule has 10 heteroatoms. The molecule has 3 aromatic heterocycles. The highest BCUT2D eigenvalue weighted by Crippen LogP contribution is 2.43. The molecule has 8 nitrogen and oxygen atoms in total. The number of hydrogen-bond acceptors (Lipinski definition) is 7. The second-order valence-electron chi connectivity index (χ2n) is 7.18. The summed E-state index contributed by atoms with van der Waals surface area (Å²) in [4.78, 5) is 18.0. The van der Waals surface area contributed by atoms with Gasteiger partial charge in [-0.05, 0) is 30.3 Å². The highest BCUT2D eigenvalue weighted by molar-refractivity contribution is 7.89. The van der Waals surface area contributed by atoms with Crippen molar-refractivity contribution in [1.29, 1.82) is 0 Å². The quantitative estimate of drug-likeness (QED) is 0.443. The van der Waals surface area contributed by atoms with Gasteiger partial charge in [0.25, 0.3) is 15.9 Å². The van der Waals surface area contributed by atoms with Gasteiger partial charge in [-0.3, -0.25) is 9.10 Å². The van der Waals surface area contributed by atoms with E-state index in [1.165, 1.54) is 19.4 Å². The largest absolute Gasteiger partial charge is 0.504 e. The Balaban J connectivity index is 1.52. The number of aliphatic hydroxyl groups is 1. The van der Waals surface area contributed by atoms with Crippen LogP contribution >= 0.6 is 11.3 Å². The predicted octanol–water partition coefficient (Wildman–Crippen LogP) is 4.57. The number of likely N-dealkylation sites (N-methyl/N-ethyl adjacent to an activating group) is 1. The van der Waals surface area contributed by atoms with Crippen LogP contribution in [0.1, 0.15) is 4.88 Å².